The number of carboxylic acid groups (broad SMARTS) is 1. The van der Waals surface area contributed by atoms with Crippen LogP contribution in [0.5, 0.6) is 0 Å². The molecule has 5 nitrogen and oxygen atoms in total. The number of carboxylic acids is 1. The van der Waals surface area contributed by atoms with Crippen molar-refractivity contribution in [2.45, 2.75) is 25.9 Å². The number of anilines is 1. The van der Waals surface area contributed by atoms with Crippen LogP contribution in [-0.4, -0.2) is 36.3 Å². The first kappa shape index (κ1) is 21.8. The van der Waals surface area contributed by atoms with E-state index in [0.29, 0.717) is 10.6 Å². The molecule has 31 heavy (non-hydrogen) atoms. The van der Waals surface area contributed by atoms with Crippen molar-refractivity contribution in [2.24, 2.45) is 5.92 Å². The highest BCUT2D eigenvalue weighted by molar-refractivity contribution is 7.15. The molecule has 0 aliphatic carbocycles. The second-order valence-electron chi connectivity index (χ2n) is 7.80. The molecule has 7 heteroatoms. The van der Waals surface area contributed by atoms with Crippen LogP contribution in [0.15, 0.2) is 48.5 Å². The van der Waals surface area contributed by atoms with Gasteiger partial charge in [-0.2, -0.15) is 0 Å². The Morgan fingerprint density at radius 2 is 2.00 bits per heavy atom. The maximum atomic E-state index is 11.7. The number of thiazole rings is 1. The molecule has 1 N–H and O–H groups in total. The number of nitrogens with zero attached hydrogens (tertiary/aromatic N) is 2. The van der Waals surface area contributed by atoms with Crippen molar-refractivity contribution >= 4 is 34.6 Å². The number of aromatic nitrogens is 1. The summed E-state index contributed by atoms with van der Waals surface area (Å²) in [4.78, 5) is 19.8. The van der Waals surface area contributed by atoms with Gasteiger partial charge in [0.05, 0.1) is 27.9 Å². The van der Waals surface area contributed by atoms with Gasteiger partial charge < -0.3 is 14.7 Å². The van der Waals surface area contributed by atoms with E-state index in [2.05, 4.69) is 4.90 Å². The number of benzene rings is 2. The van der Waals surface area contributed by atoms with E-state index in [1.165, 1.54) is 0 Å². The molecule has 0 radical (unpaired) electrons. The van der Waals surface area contributed by atoms with E-state index in [0.717, 1.165) is 52.8 Å². The number of aryl methyl sites for hydroxylation is 1. The van der Waals surface area contributed by atoms with Crippen LogP contribution >= 0.6 is 22.9 Å². The van der Waals surface area contributed by atoms with E-state index in [4.69, 9.17) is 21.3 Å². The van der Waals surface area contributed by atoms with Crippen molar-refractivity contribution < 1.29 is 14.6 Å². The van der Waals surface area contributed by atoms with Gasteiger partial charge in [0.15, 0.2) is 0 Å². The summed E-state index contributed by atoms with van der Waals surface area (Å²) in [6.07, 6.45) is 1.93. The number of para-hydroxylation sites is 1. The van der Waals surface area contributed by atoms with Gasteiger partial charge in [0.2, 0.25) is 0 Å². The van der Waals surface area contributed by atoms with Crippen LogP contribution in [0.3, 0.4) is 0 Å². The molecular formula is C24H25ClN2O3S. The Morgan fingerprint density at radius 1 is 1.26 bits per heavy atom. The van der Waals surface area contributed by atoms with Gasteiger partial charge in [0.1, 0.15) is 5.01 Å². The molecule has 2 aromatic carbocycles. The first-order valence-corrected chi connectivity index (χ1v) is 11.5. The van der Waals surface area contributed by atoms with Crippen LogP contribution in [0, 0.1) is 12.8 Å². The van der Waals surface area contributed by atoms with E-state index < -0.39 is 5.97 Å². The Balaban J connectivity index is 1.60. The lowest BCUT2D eigenvalue weighted by atomic mass is 9.90. The molecule has 4 rings (SSSR count). The normalized spacial score (nSPS) is 17.5. The van der Waals surface area contributed by atoms with Crippen LogP contribution in [0.25, 0.3) is 10.6 Å². The third-order valence-corrected chi connectivity index (χ3v) is 7.32. The van der Waals surface area contributed by atoms with Crippen LogP contribution in [0.4, 0.5) is 5.69 Å². The molecule has 2 unspecified atom stereocenters. The van der Waals surface area contributed by atoms with Gasteiger partial charge in [0, 0.05) is 36.7 Å². The van der Waals surface area contributed by atoms with E-state index in [1.54, 1.807) is 30.6 Å². The summed E-state index contributed by atoms with van der Waals surface area (Å²) >= 11 is 7.68. The molecule has 1 aromatic heterocycles. The Bertz CT molecular complexity index is 1070. The minimum Gasteiger partial charge on any atom is -0.478 e. The predicted molar refractivity (Wildman–Crippen MR) is 125 cm³/mol. The van der Waals surface area contributed by atoms with Crippen molar-refractivity contribution in [1.29, 1.82) is 0 Å². The van der Waals surface area contributed by atoms with Gasteiger partial charge in [-0.25, -0.2) is 9.78 Å². The molecule has 0 bridgehead atoms. The number of carbonyl (C=O) groups is 1. The summed E-state index contributed by atoms with van der Waals surface area (Å²) < 4.78 is 5.99. The molecule has 1 aliphatic rings. The highest BCUT2D eigenvalue weighted by Crippen LogP contribution is 2.40. The van der Waals surface area contributed by atoms with Crippen molar-refractivity contribution in [1.82, 2.24) is 4.98 Å². The maximum absolute atomic E-state index is 11.7. The quantitative estimate of drug-likeness (QED) is 0.487. The van der Waals surface area contributed by atoms with Gasteiger partial charge >= 0.3 is 5.97 Å². The zero-order valence-electron chi connectivity index (χ0n) is 17.5. The molecule has 1 aliphatic heterocycles. The molecule has 1 saturated heterocycles. The van der Waals surface area contributed by atoms with Gasteiger partial charge in [-0.3, -0.25) is 0 Å². The third kappa shape index (κ3) is 4.61. The number of methoxy groups -OCH3 is 1. The lowest BCUT2D eigenvalue weighted by Gasteiger charge is -2.38. The fourth-order valence-corrected chi connectivity index (χ4v) is 5.68. The van der Waals surface area contributed by atoms with Crippen LogP contribution in [-0.2, 0) is 4.74 Å². The first-order chi connectivity index (χ1) is 15.0. The molecule has 2 heterocycles. The fraction of sp³-hybridized carbons (Fsp3) is 0.333. The summed E-state index contributed by atoms with van der Waals surface area (Å²) in [5.41, 5.74) is 3.14. The molecule has 1 fully saturated rings. The van der Waals surface area contributed by atoms with Gasteiger partial charge in [-0.05, 0) is 44.0 Å². The Morgan fingerprint density at radius 3 is 2.71 bits per heavy atom. The largest absolute Gasteiger partial charge is 0.478 e. The number of piperidine rings is 1. The van der Waals surface area contributed by atoms with Gasteiger partial charge in [-0.15, -0.1) is 11.3 Å². The molecule has 2 atom stereocenters. The molecule has 0 amide bonds. The number of aromatic carboxylic acids is 1. The van der Waals surface area contributed by atoms with Gasteiger partial charge in [-0.1, -0.05) is 35.9 Å². The van der Waals surface area contributed by atoms with Crippen molar-refractivity contribution in [3.8, 4) is 10.6 Å². The Labute approximate surface area is 191 Å². The van der Waals surface area contributed by atoms with Crippen LogP contribution in [0.2, 0.25) is 5.02 Å². The lowest BCUT2D eigenvalue weighted by molar-refractivity contribution is 0.0469. The van der Waals surface area contributed by atoms with E-state index in [9.17, 15) is 9.90 Å². The number of ether oxygens (including phenoxy) is 1. The topological polar surface area (TPSA) is 62.7 Å². The number of halogens is 1. The SMILES string of the molecule is COC(c1sc(-c2ccc(Cl)cc2)nc1C)C1CCCN(c2ccccc2C(=O)O)C1. The number of hydrogen-bond acceptors (Lipinski definition) is 5. The molecule has 3 aromatic rings. The smallest absolute Gasteiger partial charge is 0.337 e. The van der Waals surface area contributed by atoms with Crippen LogP contribution < -0.4 is 4.90 Å². The monoisotopic (exact) mass is 456 g/mol. The number of rotatable bonds is 6. The lowest BCUT2D eigenvalue weighted by Crippen LogP contribution is -2.39. The molecule has 0 saturated carbocycles. The summed E-state index contributed by atoms with van der Waals surface area (Å²) in [6.45, 7) is 3.61. The van der Waals surface area contributed by atoms with Crippen molar-refractivity contribution in [3.63, 3.8) is 0 Å². The minimum atomic E-state index is -0.896. The van der Waals surface area contributed by atoms with Crippen molar-refractivity contribution in [3.05, 3.63) is 69.7 Å². The minimum absolute atomic E-state index is 0.0849. The maximum Gasteiger partial charge on any atom is 0.337 e. The first-order valence-electron chi connectivity index (χ1n) is 10.3. The summed E-state index contributed by atoms with van der Waals surface area (Å²) in [5, 5.41) is 11.3. The van der Waals surface area contributed by atoms with Crippen molar-refractivity contribution in [2.75, 3.05) is 25.1 Å². The molecular weight excluding hydrogens is 432 g/mol. The Kier molecular flexibility index (Phi) is 6.60. The highest BCUT2D eigenvalue weighted by atomic mass is 35.5. The summed E-state index contributed by atoms with van der Waals surface area (Å²) in [6, 6.07) is 14.9. The second-order valence-corrected chi connectivity index (χ2v) is 9.27. The Hall–Kier alpha value is -2.41. The van der Waals surface area contributed by atoms with E-state index in [1.807, 2.05) is 43.3 Å². The number of hydrogen-bond donors (Lipinski definition) is 1. The van der Waals surface area contributed by atoms with E-state index >= 15 is 0 Å². The van der Waals surface area contributed by atoms with Crippen LogP contribution in [0.1, 0.15) is 39.9 Å². The van der Waals surface area contributed by atoms with Gasteiger partial charge in [0.25, 0.3) is 0 Å². The van der Waals surface area contributed by atoms with E-state index in [-0.39, 0.29) is 12.0 Å². The zero-order chi connectivity index (χ0) is 22.0. The summed E-state index contributed by atoms with van der Waals surface area (Å²) in [5.74, 6) is -0.648. The second kappa shape index (κ2) is 9.39. The predicted octanol–water partition coefficient (Wildman–Crippen LogP) is 6.07. The standard InChI is InChI=1S/C24H25ClN2O3S/c1-15-22(31-23(26-15)16-9-11-18(25)12-10-16)21(30-2)17-6-5-13-27(14-17)20-8-4-3-7-19(20)24(28)29/h3-4,7-12,17,21H,5-6,13-14H2,1-2H3,(H,28,29). The molecule has 162 valence electrons. The third-order valence-electron chi connectivity index (χ3n) is 5.80. The fourth-order valence-electron chi connectivity index (χ4n) is 4.31. The molecule has 0 spiro atoms. The zero-order valence-corrected chi connectivity index (χ0v) is 19.1. The average molecular weight is 457 g/mol. The average Bonchev–Trinajstić information content (AvgIpc) is 3.16. The highest BCUT2D eigenvalue weighted by Gasteiger charge is 2.32. The summed E-state index contributed by atoms with van der Waals surface area (Å²) in [7, 11) is 1.75.